The van der Waals surface area contributed by atoms with E-state index in [-0.39, 0.29) is 5.75 Å². The minimum atomic E-state index is -1.43. The molecule has 0 saturated heterocycles. The molecular formula is C30H32N2O4S. The lowest BCUT2D eigenvalue weighted by atomic mass is 10.0. The number of amides is 1. The molecule has 7 heteroatoms. The Balaban J connectivity index is 1.36. The Morgan fingerprint density at radius 2 is 1.51 bits per heavy atom. The summed E-state index contributed by atoms with van der Waals surface area (Å²) in [6.07, 6.45) is 1.35. The van der Waals surface area contributed by atoms with Crippen molar-refractivity contribution in [3.8, 4) is 16.8 Å². The third-order valence-corrected chi connectivity index (χ3v) is 7.26. The number of carboxylic acid groups (broad SMARTS) is 1. The van der Waals surface area contributed by atoms with E-state index in [1.54, 1.807) is 20.8 Å². The number of para-hydroxylation sites is 1. The Hall–Kier alpha value is -3.71. The number of nitrogens with one attached hydrogen (secondary N) is 1. The molecule has 4 rings (SSSR count). The van der Waals surface area contributed by atoms with Crippen LogP contribution in [0, 0.1) is 0 Å². The molecular weight excluding hydrogens is 484 g/mol. The molecule has 6 nitrogen and oxygen atoms in total. The van der Waals surface area contributed by atoms with Gasteiger partial charge in [-0.2, -0.15) is 11.8 Å². The van der Waals surface area contributed by atoms with E-state index in [0.29, 0.717) is 5.75 Å². The number of ether oxygens (including phenoxy) is 1. The number of carbonyl (C=O) groups is 2. The molecule has 1 atom stereocenters. The van der Waals surface area contributed by atoms with E-state index >= 15 is 0 Å². The molecule has 0 saturated carbocycles. The second-order valence-corrected chi connectivity index (χ2v) is 11.2. The summed E-state index contributed by atoms with van der Waals surface area (Å²) in [4.78, 5) is 24.0. The van der Waals surface area contributed by atoms with E-state index in [4.69, 9.17) is 4.74 Å². The Labute approximate surface area is 221 Å². The van der Waals surface area contributed by atoms with E-state index in [2.05, 4.69) is 82.8 Å². The van der Waals surface area contributed by atoms with Gasteiger partial charge in [0.15, 0.2) is 0 Å². The molecule has 0 unspecified atom stereocenters. The van der Waals surface area contributed by atoms with Crippen molar-refractivity contribution in [3.05, 3.63) is 90.6 Å². The van der Waals surface area contributed by atoms with E-state index < -0.39 is 23.2 Å². The fourth-order valence-corrected chi connectivity index (χ4v) is 5.10. The fraction of sp³-hybridized carbons (Fsp3) is 0.267. The van der Waals surface area contributed by atoms with Crippen molar-refractivity contribution in [1.29, 1.82) is 0 Å². The third-order valence-electron chi connectivity index (χ3n) is 5.94. The van der Waals surface area contributed by atoms with E-state index in [0.717, 1.165) is 22.4 Å². The van der Waals surface area contributed by atoms with Gasteiger partial charge in [0.1, 0.15) is 11.1 Å². The van der Waals surface area contributed by atoms with E-state index in [9.17, 15) is 14.7 Å². The number of hydrogen-bond acceptors (Lipinski definition) is 4. The van der Waals surface area contributed by atoms with Gasteiger partial charge in [-0.3, -0.25) is 0 Å². The van der Waals surface area contributed by atoms with Gasteiger partial charge in [-0.05, 0) is 74.0 Å². The van der Waals surface area contributed by atoms with Gasteiger partial charge in [0.05, 0.1) is 5.52 Å². The van der Waals surface area contributed by atoms with Crippen molar-refractivity contribution in [2.24, 2.45) is 0 Å². The van der Waals surface area contributed by atoms with Crippen LogP contribution in [0.3, 0.4) is 0 Å². The first kappa shape index (κ1) is 26.4. The van der Waals surface area contributed by atoms with Crippen LogP contribution in [0.1, 0.15) is 33.3 Å². The lowest BCUT2D eigenvalue weighted by molar-refractivity contribution is -0.143. The number of rotatable bonds is 8. The van der Waals surface area contributed by atoms with Crippen LogP contribution in [0.25, 0.3) is 27.7 Å². The molecule has 0 aliphatic heterocycles. The normalized spacial score (nSPS) is 13.2. The van der Waals surface area contributed by atoms with Gasteiger partial charge in [0.25, 0.3) is 0 Å². The predicted molar refractivity (Wildman–Crippen MR) is 150 cm³/mol. The molecule has 0 radical (unpaired) electrons. The first-order valence-corrected chi connectivity index (χ1v) is 13.3. The molecule has 0 spiro atoms. The van der Waals surface area contributed by atoms with Crippen LogP contribution < -0.4 is 5.32 Å². The van der Waals surface area contributed by atoms with Gasteiger partial charge in [0.2, 0.25) is 0 Å². The van der Waals surface area contributed by atoms with Crippen molar-refractivity contribution in [2.45, 2.75) is 44.6 Å². The van der Waals surface area contributed by atoms with Gasteiger partial charge in [-0.1, -0.05) is 54.6 Å². The van der Waals surface area contributed by atoms with Crippen molar-refractivity contribution in [3.63, 3.8) is 0 Å². The minimum absolute atomic E-state index is 0.207. The lowest BCUT2D eigenvalue weighted by Gasteiger charge is -2.28. The number of alkyl carbamates (subject to hydrolysis) is 1. The summed E-state index contributed by atoms with van der Waals surface area (Å²) in [5, 5.41) is 13.4. The second-order valence-electron chi connectivity index (χ2n) is 10.2. The van der Waals surface area contributed by atoms with Crippen molar-refractivity contribution in [2.75, 3.05) is 5.75 Å². The number of fused-ring (bicyclic) bond motifs is 1. The number of aliphatic carboxylic acids is 1. The maximum Gasteiger partial charge on any atom is 0.408 e. The fourth-order valence-electron chi connectivity index (χ4n) is 3.97. The zero-order valence-electron chi connectivity index (χ0n) is 21.5. The maximum absolute atomic E-state index is 12.1. The van der Waals surface area contributed by atoms with Crippen molar-refractivity contribution < 1.29 is 19.4 Å². The highest BCUT2D eigenvalue weighted by atomic mass is 32.2. The van der Waals surface area contributed by atoms with Crippen LogP contribution in [0.2, 0.25) is 0 Å². The summed E-state index contributed by atoms with van der Waals surface area (Å²) in [5.41, 5.74) is 3.47. The van der Waals surface area contributed by atoms with E-state index in [1.165, 1.54) is 29.6 Å². The first-order valence-electron chi connectivity index (χ1n) is 12.1. The van der Waals surface area contributed by atoms with Crippen molar-refractivity contribution >= 4 is 34.7 Å². The molecule has 1 aromatic heterocycles. The van der Waals surface area contributed by atoms with Crippen LogP contribution in [-0.2, 0) is 15.3 Å². The molecule has 4 aromatic rings. The molecule has 1 amide bonds. The Kier molecular flexibility index (Phi) is 7.64. The number of nitrogens with zero attached hydrogens (tertiary/aromatic N) is 1. The van der Waals surface area contributed by atoms with Crippen LogP contribution in [0.5, 0.6) is 0 Å². The number of carboxylic acids is 1. The van der Waals surface area contributed by atoms with Crippen LogP contribution in [0.15, 0.2) is 85.1 Å². The monoisotopic (exact) mass is 516 g/mol. The quantitative estimate of drug-likeness (QED) is 0.266. The molecule has 192 valence electrons. The summed E-state index contributed by atoms with van der Waals surface area (Å²) in [6, 6.07) is 27.2. The Morgan fingerprint density at radius 3 is 2.14 bits per heavy atom. The number of aromatic nitrogens is 1. The topological polar surface area (TPSA) is 80.6 Å². The third kappa shape index (κ3) is 6.54. The highest BCUT2D eigenvalue weighted by Crippen LogP contribution is 2.26. The highest BCUT2D eigenvalue weighted by molar-refractivity contribution is 7.98. The summed E-state index contributed by atoms with van der Waals surface area (Å²) in [6.45, 7) is 6.71. The lowest BCUT2D eigenvalue weighted by Crippen LogP contribution is -2.55. The molecule has 0 aliphatic carbocycles. The molecule has 0 aliphatic rings. The maximum atomic E-state index is 12.1. The van der Waals surface area contributed by atoms with Gasteiger partial charge in [-0.25, -0.2) is 9.59 Å². The molecule has 0 fully saturated rings. The summed E-state index contributed by atoms with van der Waals surface area (Å²) in [7, 11) is 0. The van der Waals surface area contributed by atoms with Crippen LogP contribution in [-0.4, -0.2) is 38.6 Å². The molecule has 0 bridgehead atoms. The Morgan fingerprint density at radius 1 is 0.892 bits per heavy atom. The average molecular weight is 517 g/mol. The smallest absolute Gasteiger partial charge is 0.408 e. The van der Waals surface area contributed by atoms with Crippen LogP contribution >= 0.6 is 11.8 Å². The number of carbonyl (C=O) groups excluding carboxylic acids is 1. The van der Waals surface area contributed by atoms with Crippen LogP contribution in [0.4, 0.5) is 4.79 Å². The zero-order valence-corrected chi connectivity index (χ0v) is 22.3. The molecule has 2 N–H and O–H groups in total. The standard InChI is InChI=1S/C30H32N2O4S/c1-29(2,3)36-28(35)31-30(4,27(33)34)20-37-19-21-9-11-22(12-10-21)23-13-15-25(16-14-23)32-18-17-24-7-5-6-8-26(24)32/h5-18H,19-20H2,1-4H3,(H,31,35)(H,33,34)/t30-/m0/s1. The zero-order chi connectivity index (χ0) is 26.6. The number of hydrogen-bond donors (Lipinski definition) is 2. The first-order chi connectivity index (χ1) is 17.5. The van der Waals surface area contributed by atoms with Gasteiger partial charge in [-0.15, -0.1) is 0 Å². The van der Waals surface area contributed by atoms with Gasteiger partial charge < -0.3 is 19.7 Å². The van der Waals surface area contributed by atoms with E-state index in [1.807, 2.05) is 12.1 Å². The average Bonchev–Trinajstić information content (AvgIpc) is 3.27. The Bertz CT molecular complexity index is 1390. The van der Waals surface area contributed by atoms with Crippen molar-refractivity contribution in [1.82, 2.24) is 9.88 Å². The summed E-state index contributed by atoms with van der Waals surface area (Å²) < 4.78 is 7.41. The van der Waals surface area contributed by atoms with Gasteiger partial charge >= 0.3 is 12.1 Å². The molecule has 37 heavy (non-hydrogen) atoms. The van der Waals surface area contributed by atoms with Gasteiger partial charge in [0, 0.05) is 23.4 Å². The highest BCUT2D eigenvalue weighted by Gasteiger charge is 2.36. The predicted octanol–water partition coefficient (Wildman–Crippen LogP) is 6.90. The largest absolute Gasteiger partial charge is 0.479 e. The number of benzene rings is 3. The molecule has 1 heterocycles. The SMILES string of the molecule is CC(C)(C)OC(=O)N[C@@](C)(CSCc1ccc(-c2ccc(-n3ccc4ccccc43)cc2)cc1)C(=O)O. The second kappa shape index (κ2) is 10.7. The molecule has 3 aromatic carbocycles. The number of thioether (sulfide) groups is 1. The summed E-state index contributed by atoms with van der Waals surface area (Å²) in [5.74, 6) is -0.268. The summed E-state index contributed by atoms with van der Waals surface area (Å²) >= 11 is 1.45. The minimum Gasteiger partial charge on any atom is -0.479 e.